The summed E-state index contributed by atoms with van der Waals surface area (Å²) in [7, 11) is -3.75. The quantitative estimate of drug-likeness (QED) is 0.378. The van der Waals surface area contributed by atoms with Gasteiger partial charge in [0.15, 0.2) is 5.82 Å². The molecule has 0 aliphatic carbocycles. The summed E-state index contributed by atoms with van der Waals surface area (Å²) < 4.78 is 27.8. The highest BCUT2D eigenvalue weighted by atomic mass is 32.2. The van der Waals surface area contributed by atoms with Crippen LogP contribution in [0.2, 0.25) is 0 Å². The van der Waals surface area contributed by atoms with Crippen LogP contribution in [0.4, 0.5) is 11.4 Å². The van der Waals surface area contributed by atoms with Crippen molar-refractivity contribution in [1.29, 1.82) is 0 Å². The van der Waals surface area contributed by atoms with E-state index in [-0.39, 0.29) is 10.6 Å². The van der Waals surface area contributed by atoms with Gasteiger partial charge in [-0.2, -0.15) is 0 Å². The van der Waals surface area contributed by atoms with Crippen molar-refractivity contribution in [3.05, 3.63) is 95.8 Å². The Bertz CT molecular complexity index is 1450. The van der Waals surface area contributed by atoms with Crippen LogP contribution in [0, 0.1) is 13.8 Å². The lowest BCUT2D eigenvalue weighted by molar-refractivity contribution is 0.102. The number of aromatic nitrogens is 2. The lowest BCUT2D eigenvalue weighted by Gasteiger charge is -2.10. The van der Waals surface area contributed by atoms with Gasteiger partial charge in [0.05, 0.1) is 23.0 Å². The molecule has 1 amide bonds. The molecule has 3 N–H and O–H groups in total. The zero-order chi connectivity index (χ0) is 24.3. The van der Waals surface area contributed by atoms with Crippen LogP contribution < -0.4 is 10.0 Å². The van der Waals surface area contributed by atoms with E-state index in [4.69, 9.17) is 0 Å². The predicted molar refractivity (Wildman–Crippen MR) is 130 cm³/mol. The minimum absolute atomic E-state index is 0.109. The van der Waals surface area contributed by atoms with Gasteiger partial charge in [0.25, 0.3) is 15.9 Å². The summed E-state index contributed by atoms with van der Waals surface area (Å²) in [6.07, 6.45) is 2.94. The van der Waals surface area contributed by atoms with E-state index in [9.17, 15) is 18.3 Å². The molecule has 0 atom stereocenters. The molecule has 172 valence electrons. The van der Waals surface area contributed by atoms with Crippen LogP contribution in [0.5, 0.6) is 5.75 Å². The number of anilines is 2. The number of carbonyl (C=O) groups excluding carboxylic acids is 1. The SMILES string of the molecule is Cc1ccc(S(=O)(=O)Nc2ccc(C(=O)Nc3cnc(-c4cccc(O)c4)nc3)cc2)cc1C. The minimum atomic E-state index is -3.75. The highest BCUT2D eigenvalue weighted by molar-refractivity contribution is 7.92. The molecule has 0 radical (unpaired) electrons. The predicted octanol–water partition coefficient (Wildman–Crippen LogP) is 4.52. The summed E-state index contributed by atoms with van der Waals surface area (Å²) in [4.78, 5) is 21.2. The number of nitrogens with zero attached hydrogens (tertiary/aromatic N) is 2. The van der Waals surface area contributed by atoms with Crippen LogP contribution in [-0.4, -0.2) is 29.4 Å². The Morgan fingerprint density at radius 1 is 0.853 bits per heavy atom. The van der Waals surface area contributed by atoms with E-state index >= 15 is 0 Å². The second kappa shape index (κ2) is 9.32. The Morgan fingerprint density at radius 3 is 2.21 bits per heavy atom. The van der Waals surface area contributed by atoms with E-state index in [1.807, 2.05) is 13.8 Å². The molecule has 0 saturated carbocycles. The summed E-state index contributed by atoms with van der Waals surface area (Å²) in [5.74, 6) is 0.129. The van der Waals surface area contributed by atoms with Gasteiger partial charge in [-0.05, 0) is 73.5 Å². The number of phenols is 1. The number of aryl methyl sites for hydroxylation is 2. The lowest BCUT2D eigenvalue weighted by atomic mass is 10.1. The van der Waals surface area contributed by atoms with Gasteiger partial charge in [0.1, 0.15) is 5.75 Å². The van der Waals surface area contributed by atoms with Crippen molar-refractivity contribution in [3.63, 3.8) is 0 Å². The first kappa shape index (κ1) is 22.9. The summed E-state index contributed by atoms with van der Waals surface area (Å²) in [5.41, 5.74) is 3.62. The van der Waals surface area contributed by atoms with E-state index in [2.05, 4.69) is 20.0 Å². The molecule has 9 heteroatoms. The topological polar surface area (TPSA) is 121 Å². The molecule has 0 bridgehead atoms. The summed E-state index contributed by atoms with van der Waals surface area (Å²) in [5, 5.41) is 12.3. The first-order valence-corrected chi connectivity index (χ1v) is 11.8. The van der Waals surface area contributed by atoms with Gasteiger partial charge in [0, 0.05) is 16.8 Å². The molecule has 0 spiro atoms. The maximum atomic E-state index is 12.7. The highest BCUT2D eigenvalue weighted by Crippen LogP contribution is 2.21. The van der Waals surface area contributed by atoms with Gasteiger partial charge in [-0.1, -0.05) is 18.2 Å². The molecule has 8 nitrogen and oxygen atoms in total. The van der Waals surface area contributed by atoms with Crippen LogP contribution >= 0.6 is 0 Å². The van der Waals surface area contributed by atoms with E-state index in [1.54, 1.807) is 42.5 Å². The largest absolute Gasteiger partial charge is 0.508 e. The second-order valence-corrected chi connectivity index (χ2v) is 9.41. The number of hydrogen-bond donors (Lipinski definition) is 3. The van der Waals surface area contributed by atoms with E-state index in [1.165, 1.54) is 36.7 Å². The standard InChI is InChI=1S/C25H22N4O4S/c1-16-6-11-23(12-17(16)2)34(32,33)29-20-9-7-18(8-10-20)25(31)28-21-14-26-24(27-15-21)19-4-3-5-22(30)13-19/h3-15,29-30H,1-2H3,(H,28,31). The number of phenolic OH excluding ortho intramolecular Hbond substituents is 1. The summed E-state index contributed by atoms with van der Waals surface area (Å²) in [6.45, 7) is 3.77. The van der Waals surface area contributed by atoms with Crippen LogP contribution in [-0.2, 0) is 10.0 Å². The van der Waals surface area contributed by atoms with E-state index in [0.29, 0.717) is 28.3 Å². The monoisotopic (exact) mass is 474 g/mol. The Balaban J connectivity index is 1.42. The molecule has 34 heavy (non-hydrogen) atoms. The average molecular weight is 475 g/mol. The maximum absolute atomic E-state index is 12.7. The fraction of sp³-hybridized carbons (Fsp3) is 0.0800. The minimum Gasteiger partial charge on any atom is -0.508 e. The number of hydrogen-bond acceptors (Lipinski definition) is 6. The van der Waals surface area contributed by atoms with Gasteiger partial charge in [0.2, 0.25) is 0 Å². The average Bonchev–Trinajstić information content (AvgIpc) is 2.81. The van der Waals surface area contributed by atoms with Gasteiger partial charge >= 0.3 is 0 Å². The molecule has 1 heterocycles. The van der Waals surface area contributed by atoms with Crippen molar-refractivity contribution in [2.24, 2.45) is 0 Å². The molecule has 4 rings (SSSR count). The van der Waals surface area contributed by atoms with Crippen molar-refractivity contribution < 1.29 is 18.3 Å². The van der Waals surface area contributed by atoms with Crippen molar-refractivity contribution in [2.75, 3.05) is 10.0 Å². The number of sulfonamides is 1. The first-order valence-electron chi connectivity index (χ1n) is 10.3. The van der Waals surface area contributed by atoms with Crippen molar-refractivity contribution in [3.8, 4) is 17.1 Å². The third kappa shape index (κ3) is 5.21. The van der Waals surface area contributed by atoms with Crippen LogP contribution in [0.3, 0.4) is 0 Å². The maximum Gasteiger partial charge on any atom is 0.261 e. The molecule has 3 aromatic carbocycles. The molecular formula is C25H22N4O4S. The zero-order valence-electron chi connectivity index (χ0n) is 18.5. The first-order chi connectivity index (χ1) is 16.2. The van der Waals surface area contributed by atoms with Crippen molar-refractivity contribution in [1.82, 2.24) is 9.97 Å². The Hall–Kier alpha value is -4.24. The summed E-state index contributed by atoms with van der Waals surface area (Å²) in [6, 6.07) is 17.6. The van der Waals surface area contributed by atoms with Crippen LogP contribution in [0.1, 0.15) is 21.5 Å². The molecule has 0 aliphatic heterocycles. The number of carbonyl (C=O) groups is 1. The molecule has 0 unspecified atom stereocenters. The fourth-order valence-corrected chi connectivity index (χ4v) is 4.32. The zero-order valence-corrected chi connectivity index (χ0v) is 19.3. The fourth-order valence-electron chi connectivity index (χ4n) is 3.17. The number of aromatic hydroxyl groups is 1. The number of nitrogens with one attached hydrogen (secondary N) is 2. The highest BCUT2D eigenvalue weighted by Gasteiger charge is 2.15. The molecule has 4 aromatic rings. The number of rotatable bonds is 6. The second-order valence-electron chi connectivity index (χ2n) is 7.73. The Labute approximate surface area is 197 Å². The molecule has 0 fully saturated rings. The van der Waals surface area contributed by atoms with Gasteiger partial charge in [-0.15, -0.1) is 0 Å². The van der Waals surface area contributed by atoms with Crippen molar-refractivity contribution in [2.45, 2.75) is 18.7 Å². The van der Waals surface area contributed by atoms with Crippen LogP contribution in [0.15, 0.2) is 84.0 Å². The van der Waals surface area contributed by atoms with Crippen LogP contribution in [0.25, 0.3) is 11.4 Å². The summed E-state index contributed by atoms with van der Waals surface area (Å²) >= 11 is 0. The van der Waals surface area contributed by atoms with E-state index < -0.39 is 15.9 Å². The van der Waals surface area contributed by atoms with Gasteiger partial charge in [-0.25, -0.2) is 18.4 Å². The third-order valence-corrected chi connectivity index (χ3v) is 6.58. The third-order valence-electron chi connectivity index (χ3n) is 5.20. The Morgan fingerprint density at radius 2 is 1.56 bits per heavy atom. The Kier molecular flexibility index (Phi) is 6.29. The molecule has 1 aromatic heterocycles. The smallest absolute Gasteiger partial charge is 0.261 e. The lowest BCUT2D eigenvalue weighted by Crippen LogP contribution is -2.14. The van der Waals surface area contributed by atoms with Gasteiger partial charge < -0.3 is 10.4 Å². The normalized spacial score (nSPS) is 11.1. The number of benzene rings is 3. The molecule has 0 saturated heterocycles. The van der Waals surface area contributed by atoms with Crippen molar-refractivity contribution >= 4 is 27.3 Å². The molecular weight excluding hydrogens is 452 g/mol. The number of amides is 1. The van der Waals surface area contributed by atoms with Gasteiger partial charge in [-0.3, -0.25) is 9.52 Å². The van der Waals surface area contributed by atoms with E-state index in [0.717, 1.165) is 11.1 Å². The molecule has 0 aliphatic rings.